The van der Waals surface area contributed by atoms with Crippen LogP contribution in [-0.4, -0.2) is 65.0 Å². The highest BCUT2D eigenvalue weighted by molar-refractivity contribution is 5.81. The molecule has 2 heterocycles. The number of hydrogen-bond acceptors (Lipinski definition) is 8. The Balaban J connectivity index is 1.81. The van der Waals surface area contributed by atoms with E-state index in [1.807, 2.05) is 0 Å². The number of aliphatic hydroxyl groups is 2. The van der Waals surface area contributed by atoms with Crippen LogP contribution in [0, 0.1) is 0 Å². The Hall–Kier alpha value is -2.79. The van der Waals surface area contributed by atoms with E-state index in [1.54, 1.807) is 0 Å². The number of carboxylic acids is 1. The van der Waals surface area contributed by atoms with Crippen LogP contribution in [0.2, 0.25) is 0 Å². The molecule has 0 saturated heterocycles. The maximum Gasteiger partial charge on any atom is 0.303 e. The highest BCUT2D eigenvalue weighted by Gasteiger charge is 2.40. The molecule has 11 nitrogen and oxygen atoms in total. The zero-order valence-electron chi connectivity index (χ0n) is 13.8. The van der Waals surface area contributed by atoms with E-state index >= 15 is 0 Å². The van der Waals surface area contributed by atoms with E-state index in [1.165, 1.54) is 17.2 Å². The fraction of sp³-hybridized carbons (Fsp3) is 0.533. The number of carbonyl (C=O) groups excluding carboxylic acids is 1. The summed E-state index contributed by atoms with van der Waals surface area (Å²) in [6, 6.07) is -1.41. The van der Waals surface area contributed by atoms with Crippen molar-refractivity contribution >= 4 is 28.9 Å². The van der Waals surface area contributed by atoms with E-state index in [0.717, 1.165) is 0 Å². The summed E-state index contributed by atoms with van der Waals surface area (Å²) in [5.41, 5.74) is 6.50. The van der Waals surface area contributed by atoms with E-state index in [9.17, 15) is 19.8 Å². The molecule has 0 aliphatic heterocycles. The monoisotopic (exact) mass is 364 g/mol. The SMILES string of the molecule is Nc1ncnc2c1ncn2[C@H]1[C@H](O)[C@H](NC(=O)CCC(=O)O)CC[C@@H]1O. The minimum Gasteiger partial charge on any atom is -0.481 e. The molecule has 0 aromatic carbocycles. The molecule has 1 aliphatic carbocycles. The summed E-state index contributed by atoms with van der Waals surface area (Å²) in [5, 5.41) is 32.4. The summed E-state index contributed by atoms with van der Waals surface area (Å²) < 4.78 is 1.53. The Morgan fingerprint density at radius 1 is 1.23 bits per heavy atom. The lowest BCUT2D eigenvalue weighted by Gasteiger charge is -2.39. The first-order valence-corrected chi connectivity index (χ1v) is 8.18. The summed E-state index contributed by atoms with van der Waals surface area (Å²) in [4.78, 5) is 34.6. The second-order valence-corrected chi connectivity index (χ2v) is 6.28. The van der Waals surface area contributed by atoms with Crippen LogP contribution in [0.5, 0.6) is 0 Å². The molecule has 0 radical (unpaired) electrons. The lowest BCUT2D eigenvalue weighted by Crippen LogP contribution is -2.53. The van der Waals surface area contributed by atoms with Gasteiger partial charge in [-0.1, -0.05) is 0 Å². The first-order chi connectivity index (χ1) is 12.4. The Morgan fingerprint density at radius 3 is 2.73 bits per heavy atom. The number of aromatic nitrogens is 4. The van der Waals surface area contributed by atoms with Gasteiger partial charge in [-0.25, -0.2) is 15.0 Å². The Labute approximate surface area is 147 Å². The molecule has 3 rings (SSSR count). The molecule has 11 heteroatoms. The Bertz CT molecular complexity index is 824. The fourth-order valence-corrected chi connectivity index (χ4v) is 3.25. The largest absolute Gasteiger partial charge is 0.481 e. The molecule has 0 bridgehead atoms. The van der Waals surface area contributed by atoms with Gasteiger partial charge in [-0.05, 0) is 12.8 Å². The minimum absolute atomic E-state index is 0.177. The maximum atomic E-state index is 11.9. The Kier molecular flexibility index (Phi) is 5.00. The van der Waals surface area contributed by atoms with Gasteiger partial charge >= 0.3 is 5.97 Å². The third-order valence-corrected chi connectivity index (χ3v) is 4.55. The number of carbonyl (C=O) groups is 2. The minimum atomic E-state index is -1.11. The number of anilines is 1. The predicted molar refractivity (Wildman–Crippen MR) is 88.8 cm³/mol. The standard InChI is InChI=1S/C15H20N6O5/c16-14-11-15(18-5-17-14)21(6-19-11)12-8(22)2-1-7(13(12)26)20-9(23)3-4-10(24)25/h5-8,12-13,22,26H,1-4H2,(H,20,23)(H,24,25)(H2,16,17,18)/t7-,8+,12-,13-/m1/s1. The van der Waals surface area contributed by atoms with Crippen molar-refractivity contribution in [3.8, 4) is 0 Å². The van der Waals surface area contributed by atoms with Crippen LogP contribution in [0.15, 0.2) is 12.7 Å². The van der Waals surface area contributed by atoms with Crippen LogP contribution in [-0.2, 0) is 9.59 Å². The van der Waals surface area contributed by atoms with E-state index in [-0.39, 0.29) is 18.7 Å². The number of nitrogens with one attached hydrogen (secondary N) is 1. The zero-order valence-corrected chi connectivity index (χ0v) is 13.8. The van der Waals surface area contributed by atoms with E-state index in [0.29, 0.717) is 24.0 Å². The maximum absolute atomic E-state index is 11.9. The molecular weight excluding hydrogens is 344 g/mol. The van der Waals surface area contributed by atoms with E-state index in [2.05, 4.69) is 20.3 Å². The predicted octanol–water partition coefficient (Wildman–Crippen LogP) is -1.19. The molecule has 4 atom stereocenters. The van der Waals surface area contributed by atoms with Gasteiger partial charge in [-0.2, -0.15) is 0 Å². The molecule has 6 N–H and O–H groups in total. The highest BCUT2D eigenvalue weighted by Crippen LogP contribution is 2.32. The number of aliphatic carboxylic acids is 1. The van der Waals surface area contributed by atoms with E-state index < -0.39 is 36.2 Å². The zero-order chi connectivity index (χ0) is 18.8. The molecule has 1 saturated carbocycles. The van der Waals surface area contributed by atoms with Crippen LogP contribution >= 0.6 is 0 Å². The molecule has 0 spiro atoms. The van der Waals surface area contributed by atoms with Crippen LogP contribution in [0.3, 0.4) is 0 Å². The van der Waals surface area contributed by atoms with Crippen molar-refractivity contribution in [3.63, 3.8) is 0 Å². The molecule has 26 heavy (non-hydrogen) atoms. The fourth-order valence-electron chi connectivity index (χ4n) is 3.25. The second-order valence-electron chi connectivity index (χ2n) is 6.28. The van der Waals surface area contributed by atoms with Crippen LogP contribution < -0.4 is 11.1 Å². The number of nitrogen functional groups attached to an aromatic ring is 1. The van der Waals surface area contributed by atoms with Crippen molar-refractivity contribution in [2.45, 2.75) is 50.0 Å². The number of imidazole rings is 1. The van der Waals surface area contributed by atoms with Crippen LogP contribution in [0.25, 0.3) is 11.2 Å². The molecule has 140 valence electrons. The number of aliphatic hydroxyl groups excluding tert-OH is 2. The summed E-state index contributed by atoms with van der Waals surface area (Å²) in [6.45, 7) is 0. The average Bonchev–Trinajstić information content (AvgIpc) is 3.01. The van der Waals surface area contributed by atoms with Gasteiger partial charge in [0.25, 0.3) is 0 Å². The van der Waals surface area contributed by atoms with Crippen molar-refractivity contribution in [3.05, 3.63) is 12.7 Å². The summed E-state index contributed by atoms with van der Waals surface area (Å²) in [6.07, 6.45) is 0.941. The summed E-state index contributed by atoms with van der Waals surface area (Å²) >= 11 is 0. The van der Waals surface area contributed by atoms with Crippen LogP contribution in [0.1, 0.15) is 31.7 Å². The number of rotatable bonds is 5. The van der Waals surface area contributed by atoms with E-state index in [4.69, 9.17) is 10.8 Å². The van der Waals surface area contributed by atoms with Gasteiger partial charge in [0.15, 0.2) is 11.5 Å². The number of amides is 1. The molecule has 1 fully saturated rings. The summed E-state index contributed by atoms with van der Waals surface area (Å²) in [7, 11) is 0. The number of hydrogen-bond donors (Lipinski definition) is 5. The first kappa shape index (κ1) is 18.0. The molecule has 1 amide bonds. The second kappa shape index (κ2) is 7.22. The van der Waals surface area contributed by atoms with Gasteiger partial charge in [0.1, 0.15) is 11.8 Å². The third-order valence-electron chi connectivity index (χ3n) is 4.55. The van der Waals surface area contributed by atoms with Crippen LogP contribution in [0.4, 0.5) is 5.82 Å². The van der Waals surface area contributed by atoms with Gasteiger partial charge in [0.2, 0.25) is 5.91 Å². The van der Waals surface area contributed by atoms with Crippen molar-refractivity contribution in [1.29, 1.82) is 0 Å². The molecule has 2 aromatic heterocycles. The average molecular weight is 364 g/mol. The van der Waals surface area contributed by atoms with Gasteiger partial charge in [0.05, 0.1) is 37.0 Å². The summed E-state index contributed by atoms with van der Waals surface area (Å²) in [5.74, 6) is -1.35. The van der Waals surface area contributed by atoms with Gasteiger partial charge < -0.3 is 30.9 Å². The molecular formula is C15H20N6O5. The highest BCUT2D eigenvalue weighted by atomic mass is 16.4. The van der Waals surface area contributed by atoms with Crippen molar-refractivity contribution in [2.75, 3.05) is 5.73 Å². The number of nitrogens with two attached hydrogens (primary N) is 1. The third kappa shape index (κ3) is 3.44. The van der Waals surface area contributed by atoms with Crippen molar-refractivity contribution < 1.29 is 24.9 Å². The lowest BCUT2D eigenvalue weighted by atomic mass is 9.85. The molecule has 0 unspecified atom stereocenters. The smallest absolute Gasteiger partial charge is 0.303 e. The topological polar surface area (TPSA) is 176 Å². The molecule has 2 aromatic rings. The lowest BCUT2D eigenvalue weighted by molar-refractivity contribution is -0.139. The van der Waals surface area contributed by atoms with Gasteiger partial charge in [-0.15, -0.1) is 0 Å². The Morgan fingerprint density at radius 2 is 2.00 bits per heavy atom. The number of nitrogens with zero attached hydrogens (tertiary/aromatic N) is 4. The van der Waals surface area contributed by atoms with Gasteiger partial charge in [-0.3, -0.25) is 9.59 Å². The number of fused-ring (bicyclic) bond motifs is 1. The normalized spacial score (nSPS) is 25.9. The number of carboxylic acid groups (broad SMARTS) is 1. The molecule has 1 aliphatic rings. The quantitative estimate of drug-likeness (QED) is 0.436. The van der Waals surface area contributed by atoms with Crippen molar-refractivity contribution in [2.24, 2.45) is 0 Å². The van der Waals surface area contributed by atoms with Crippen molar-refractivity contribution in [1.82, 2.24) is 24.8 Å². The van der Waals surface area contributed by atoms with Gasteiger partial charge in [0, 0.05) is 6.42 Å². The first-order valence-electron chi connectivity index (χ1n) is 8.18.